The van der Waals surface area contributed by atoms with Gasteiger partial charge in [-0.3, -0.25) is 9.59 Å². The van der Waals surface area contributed by atoms with Crippen molar-refractivity contribution in [2.45, 2.75) is 25.3 Å². The minimum absolute atomic E-state index is 0.00282. The molecule has 5 heteroatoms. The lowest BCUT2D eigenvalue weighted by atomic mass is 10.2. The van der Waals surface area contributed by atoms with E-state index in [0.29, 0.717) is 26.0 Å². The van der Waals surface area contributed by atoms with Gasteiger partial charge in [0.2, 0.25) is 11.8 Å². The Hall–Kier alpha value is -1.10. The Balaban J connectivity index is 2.29. The summed E-state index contributed by atoms with van der Waals surface area (Å²) < 4.78 is 4.91. The van der Waals surface area contributed by atoms with E-state index in [0.717, 1.165) is 6.42 Å². The number of amides is 2. The average Bonchev–Trinajstić information content (AvgIpc) is 2.64. The van der Waals surface area contributed by atoms with Crippen LogP contribution in [0, 0.1) is 0 Å². The molecule has 0 aromatic rings. The van der Waals surface area contributed by atoms with E-state index < -0.39 is 0 Å². The van der Waals surface area contributed by atoms with Crippen LogP contribution in [-0.4, -0.2) is 50.1 Å². The molecule has 1 rings (SSSR count). The Labute approximate surface area is 89.8 Å². The van der Waals surface area contributed by atoms with Crippen LogP contribution in [0.5, 0.6) is 0 Å². The highest BCUT2D eigenvalue weighted by molar-refractivity contribution is 5.90. The molecule has 0 bridgehead atoms. The van der Waals surface area contributed by atoms with Crippen molar-refractivity contribution < 1.29 is 14.3 Å². The Morgan fingerprint density at radius 1 is 1.67 bits per heavy atom. The number of methoxy groups -OCH3 is 1. The SMILES string of the molecule is COCCCN(C)C(=O)C1CCC(=O)N1. The number of carbonyl (C=O) groups excluding carboxylic acids is 2. The second kappa shape index (κ2) is 5.70. The maximum atomic E-state index is 11.8. The highest BCUT2D eigenvalue weighted by Gasteiger charge is 2.28. The number of ether oxygens (including phenoxy) is 1. The molecule has 1 heterocycles. The van der Waals surface area contributed by atoms with Crippen LogP contribution in [0.2, 0.25) is 0 Å². The zero-order valence-corrected chi connectivity index (χ0v) is 9.28. The molecule has 0 aromatic heterocycles. The summed E-state index contributed by atoms with van der Waals surface area (Å²) in [6.45, 7) is 1.31. The van der Waals surface area contributed by atoms with Crippen LogP contribution in [-0.2, 0) is 14.3 Å². The van der Waals surface area contributed by atoms with E-state index in [2.05, 4.69) is 5.32 Å². The van der Waals surface area contributed by atoms with Crippen molar-refractivity contribution in [1.82, 2.24) is 10.2 Å². The first-order valence-corrected chi connectivity index (χ1v) is 5.18. The number of nitrogens with zero attached hydrogens (tertiary/aromatic N) is 1. The van der Waals surface area contributed by atoms with Gasteiger partial charge in [-0.05, 0) is 12.8 Å². The minimum Gasteiger partial charge on any atom is -0.385 e. The maximum absolute atomic E-state index is 11.8. The Morgan fingerprint density at radius 2 is 2.40 bits per heavy atom. The van der Waals surface area contributed by atoms with Crippen LogP contribution < -0.4 is 5.32 Å². The summed E-state index contributed by atoms with van der Waals surface area (Å²) in [6.07, 6.45) is 1.90. The third-order valence-electron chi connectivity index (χ3n) is 2.51. The zero-order valence-electron chi connectivity index (χ0n) is 9.28. The molecule has 0 aliphatic carbocycles. The summed E-state index contributed by atoms with van der Waals surface area (Å²) in [5, 5.41) is 2.66. The lowest BCUT2D eigenvalue weighted by Crippen LogP contribution is -2.43. The van der Waals surface area contributed by atoms with Gasteiger partial charge >= 0.3 is 0 Å². The summed E-state index contributed by atoms with van der Waals surface area (Å²) in [7, 11) is 3.39. The molecule has 1 aliphatic heterocycles. The number of hydrogen-bond donors (Lipinski definition) is 1. The van der Waals surface area contributed by atoms with Crippen LogP contribution in [0.3, 0.4) is 0 Å². The van der Waals surface area contributed by atoms with Crippen molar-refractivity contribution in [3.8, 4) is 0 Å². The first-order chi connectivity index (χ1) is 7.15. The predicted octanol–water partition coefficient (Wildman–Crippen LogP) is -0.240. The van der Waals surface area contributed by atoms with Crippen molar-refractivity contribution in [3.05, 3.63) is 0 Å². The van der Waals surface area contributed by atoms with Gasteiger partial charge in [-0.15, -0.1) is 0 Å². The van der Waals surface area contributed by atoms with Gasteiger partial charge in [-0.2, -0.15) is 0 Å². The smallest absolute Gasteiger partial charge is 0.244 e. The Morgan fingerprint density at radius 3 is 2.93 bits per heavy atom. The molecule has 1 atom stereocenters. The molecule has 0 spiro atoms. The van der Waals surface area contributed by atoms with Gasteiger partial charge in [0.15, 0.2) is 0 Å². The molecule has 1 unspecified atom stereocenters. The quantitative estimate of drug-likeness (QED) is 0.643. The second-order valence-electron chi connectivity index (χ2n) is 3.76. The lowest BCUT2D eigenvalue weighted by Gasteiger charge is -2.20. The molecule has 0 saturated carbocycles. The van der Waals surface area contributed by atoms with Crippen molar-refractivity contribution in [1.29, 1.82) is 0 Å². The summed E-state index contributed by atoms with van der Waals surface area (Å²) in [5.74, 6) is -0.0319. The monoisotopic (exact) mass is 214 g/mol. The van der Waals surface area contributed by atoms with Crippen LogP contribution in [0.15, 0.2) is 0 Å². The molecule has 1 aliphatic rings. The number of hydrogen-bond acceptors (Lipinski definition) is 3. The maximum Gasteiger partial charge on any atom is 0.244 e. The van der Waals surface area contributed by atoms with Crippen LogP contribution >= 0.6 is 0 Å². The van der Waals surface area contributed by atoms with E-state index in [1.54, 1.807) is 19.1 Å². The molecule has 1 saturated heterocycles. The lowest BCUT2D eigenvalue weighted by molar-refractivity contribution is -0.133. The molecule has 15 heavy (non-hydrogen) atoms. The standard InChI is InChI=1S/C10H18N2O3/c1-12(6-3-7-15-2)10(14)8-4-5-9(13)11-8/h8H,3-7H2,1-2H3,(H,11,13). The zero-order chi connectivity index (χ0) is 11.3. The first-order valence-electron chi connectivity index (χ1n) is 5.18. The number of nitrogens with one attached hydrogen (secondary N) is 1. The summed E-state index contributed by atoms with van der Waals surface area (Å²) in [5.41, 5.74) is 0. The second-order valence-corrected chi connectivity index (χ2v) is 3.76. The summed E-state index contributed by atoms with van der Waals surface area (Å²) >= 11 is 0. The fraction of sp³-hybridized carbons (Fsp3) is 0.800. The molecule has 86 valence electrons. The van der Waals surface area contributed by atoms with Crippen molar-refractivity contribution >= 4 is 11.8 Å². The molecule has 1 fully saturated rings. The molecular formula is C10H18N2O3. The minimum atomic E-state index is -0.315. The van der Waals surface area contributed by atoms with E-state index >= 15 is 0 Å². The van der Waals surface area contributed by atoms with Crippen molar-refractivity contribution in [2.24, 2.45) is 0 Å². The van der Waals surface area contributed by atoms with Crippen LogP contribution in [0.1, 0.15) is 19.3 Å². The van der Waals surface area contributed by atoms with Gasteiger partial charge < -0.3 is 15.0 Å². The molecule has 0 radical (unpaired) electrons. The average molecular weight is 214 g/mol. The molecule has 5 nitrogen and oxygen atoms in total. The fourth-order valence-electron chi connectivity index (χ4n) is 1.62. The highest BCUT2D eigenvalue weighted by Crippen LogP contribution is 2.09. The van der Waals surface area contributed by atoms with E-state index in [9.17, 15) is 9.59 Å². The van der Waals surface area contributed by atoms with Gasteiger partial charge in [-0.25, -0.2) is 0 Å². The Kier molecular flexibility index (Phi) is 4.55. The third kappa shape index (κ3) is 3.51. The van der Waals surface area contributed by atoms with Gasteiger partial charge in [0.25, 0.3) is 0 Å². The number of rotatable bonds is 5. The largest absolute Gasteiger partial charge is 0.385 e. The van der Waals surface area contributed by atoms with Crippen LogP contribution in [0.4, 0.5) is 0 Å². The molecule has 1 N–H and O–H groups in total. The van der Waals surface area contributed by atoms with Gasteiger partial charge in [-0.1, -0.05) is 0 Å². The molecular weight excluding hydrogens is 196 g/mol. The summed E-state index contributed by atoms with van der Waals surface area (Å²) in [6, 6.07) is -0.315. The number of carbonyl (C=O) groups is 2. The third-order valence-corrected chi connectivity index (χ3v) is 2.51. The Bertz CT molecular complexity index is 243. The molecule has 2 amide bonds. The normalized spacial score (nSPS) is 20.1. The van der Waals surface area contributed by atoms with Crippen LogP contribution in [0.25, 0.3) is 0 Å². The first kappa shape index (κ1) is 12.0. The van der Waals surface area contributed by atoms with Crippen molar-refractivity contribution in [3.63, 3.8) is 0 Å². The van der Waals surface area contributed by atoms with Gasteiger partial charge in [0.1, 0.15) is 6.04 Å². The topological polar surface area (TPSA) is 58.6 Å². The summed E-state index contributed by atoms with van der Waals surface area (Å²) in [4.78, 5) is 24.3. The van der Waals surface area contributed by atoms with Gasteiger partial charge in [0, 0.05) is 33.7 Å². The number of likely N-dealkylation sites (N-methyl/N-ethyl adjacent to an activating group) is 1. The van der Waals surface area contributed by atoms with E-state index in [1.165, 1.54) is 0 Å². The molecule has 0 aromatic carbocycles. The highest BCUT2D eigenvalue weighted by atomic mass is 16.5. The van der Waals surface area contributed by atoms with Crippen molar-refractivity contribution in [2.75, 3.05) is 27.3 Å². The van der Waals surface area contributed by atoms with E-state index in [1.807, 2.05) is 0 Å². The van der Waals surface area contributed by atoms with Gasteiger partial charge in [0.05, 0.1) is 0 Å². The predicted molar refractivity (Wildman–Crippen MR) is 55.3 cm³/mol. The van der Waals surface area contributed by atoms with E-state index in [-0.39, 0.29) is 17.9 Å². The van der Waals surface area contributed by atoms with E-state index in [4.69, 9.17) is 4.74 Å². The fourth-order valence-corrected chi connectivity index (χ4v) is 1.62.